The molecule has 0 aromatic heterocycles. The second-order valence-electron chi connectivity index (χ2n) is 4.86. The van der Waals surface area contributed by atoms with Gasteiger partial charge in [0.15, 0.2) is 0 Å². The fourth-order valence-electron chi connectivity index (χ4n) is 2.46. The first-order chi connectivity index (χ1) is 9.26. The number of methoxy groups -OCH3 is 1. The van der Waals surface area contributed by atoms with Gasteiger partial charge in [0.25, 0.3) is 0 Å². The second kappa shape index (κ2) is 8.94. The van der Waals surface area contributed by atoms with Crippen molar-refractivity contribution in [2.45, 2.75) is 39.2 Å². The van der Waals surface area contributed by atoms with E-state index in [0.717, 1.165) is 32.4 Å². The van der Waals surface area contributed by atoms with Crippen molar-refractivity contribution in [3.63, 3.8) is 0 Å². The minimum atomic E-state index is 0.579. The Kier molecular flexibility index (Phi) is 7.53. The highest BCUT2D eigenvalue weighted by Crippen LogP contribution is 2.21. The Labute approximate surface area is 117 Å². The van der Waals surface area contributed by atoms with Crippen molar-refractivity contribution < 1.29 is 4.74 Å². The monoisotopic (exact) mass is 264 g/mol. The van der Waals surface area contributed by atoms with E-state index in [1.165, 1.54) is 11.3 Å². The van der Waals surface area contributed by atoms with E-state index in [-0.39, 0.29) is 0 Å². The number of nitrogens with two attached hydrogens (primary N) is 1. The maximum absolute atomic E-state index is 5.59. The van der Waals surface area contributed by atoms with Crippen molar-refractivity contribution in [1.29, 1.82) is 0 Å². The van der Waals surface area contributed by atoms with Crippen molar-refractivity contribution >= 4 is 5.69 Å². The van der Waals surface area contributed by atoms with E-state index in [0.29, 0.717) is 12.6 Å². The van der Waals surface area contributed by atoms with Crippen LogP contribution in [0.25, 0.3) is 0 Å². The molecule has 0 fully saturated rings. The smallest absolute Gasteiger partial charge is 0.0637 e. The van der Waals surface area contributed by atoms with Crippen LogP contribution in [0.3, 0.4) is 0 Å². The summed E-state index contributed by atoms with van der Waals surface area (Å²) in [5.41, 5.74) is 8.18. The lowest BCUT2D eigenvalue weighted by atomic mass is 10.1. The third-order valence-electron chi connectivity index (χ3n) is 3.62. The van der Waals surface area contributed by atoms with Gasteiger partial charge in [-0.1, -0.05) is 26.0 Å². The Morgan fingerprint density at radius 3 is 2.26 bits per heavy atom. The van der Waals surface area contributed by atoms with Gasteiger partial charge in [0.2, 0.25) is 0 Å². The van der Waals surface area contributed by atoms with E-state index in [9.17, 15) is 0 Å². The zero-order chi connectivity index (χ0) is 14.1. The minimum absolute atomic E-state index is 0.579. The average molecular weight is 264 g/mol. The molecular weight excluding hydrogens is 236 g/mol. The Morgan fingerprint density at radius 1 is 1.16 bits per heavy atom. The van der Waals surface area contributed by atoms with Crippen LogP contribution in [0.5, 0.6) is 0 Å². The Morgan fingerprint density at radius 2 is 1.79 bits per heavy atom. The van der Waals surface area contributed by atoms with Gasteiger partial charge in [0.05, 0.1) is 6.61 Å². The van der Waals surface area contributed by atoms with Crippen LogP contribution in [0.4, 0.5) is 5.69 Å². The van der Waals surface area contributed by atoms with Crippen molar-refractivity contribution in [2.75, 3.05) is 31.7 Å². The van der Waals surface area contributed by atoms with Crippen LogP contribution in [-0.4, -0.2) is 32.8 Å². The van der Waals surface area contributed by atoms with Crippen LogP contribution in [0.2, 0.25) is 0 Å². The molecule has 0 unspecified atom stereocenters. The standard InChI is InChI=1S/C16H28N2O/c1-4-15(5-2)18(12-13-19-3)16-8-6-14(7-9-16)10-11-17/h6-9,15H,4-5,10-13,17H2,1-3H3. The van der Waals surface area contributed by atoms with Gasteiger partial charge in [0, 0.05) is 25.4 Å². The van der Waals surface area contributed by atoms with E-state index in [4.69, 9.17) is 10.5 Å². The second-order valence-corrected chi connectivity index (χ2v) is 4.86. The molecule has 0 aliphatic carbocycles. The van der Waals surface area contributed by atoms with E-state index >= 15 is 0 Å². The fourth-order valence-corrected chi connectivity index (χ4v) is 2.46. The molecular formula is C16H28N2O. The molecule has 0 spiro atoms. The van der Waals surface area contributed by atoms with Crippen LogP contribution in [-0.2, 0) is 11.2 Å². The summed E-state index contributed by atoms with van der Waals surface area (Å²) >= 11 is 0. The molecule has 0 saturated heterocycles. The summed E-state index contributed by atoms with van der Waals surface area (Å²) < 4.78 is 5.24. The highest BCUT2D eigenvalue weighted by atomic mass is 16.5. The van der Waals surface area contributed by atoms with Gasteiger partial charge in [-0.3, -0.25) is 0 Å². The summed E-state index contributed by atoms with van der Waals surface area (Å²) in [7, 11) is 1.76. The van der Waals surface area contributed by atoms with Gasteiger partial charge in [-0.25, -0.2) is 0 Å². The number of ether oxygens (including phenoxy) is 1. The van der Waals surface area contributed by atoms with Crippen LogP contribution >= 0.6 is 0 Å². The third-order valence-corrected chi connectivity index (χ3v) is 3.62. The molecule has 108 valence electrons. The van der Waals surface area contributed by atoms with Crippen molar-refractivity contribution in [3.8, 4) is 0 Å². The van der Waals surface area contributed by atoms with Gasteiger partial charge in [-0.15, -0.1) is 0 Å². The number of nitrogens with zero attached hydrogens (tertiary/aromatic N) is 1. The third kappa shape index (κ3) is 4.84. The van der Waals surface area contributed by atoms with Crippen LogP contribution < -0.4 is 10.6 Å². The summed E-state index contributed by atoms with van der Waals surface area (Å²) in [5.74, 6) is 0. The van der Waals surface area contributed by atoms with E-state index < -0.39 is 0 Å². The molecule has 19 heavy (non-hydrogen) atoms. The normalized spacial score (nSPS) is 11.0. The highest BCUT2D eigenvalue weighted by Gasteiger charge is 2.15. The maximum atomic E-state index is 5.59. The van der Waals surface area contributed by atoms with Gasteiger partial charge in [-0.2, -0.15) is 0 Å². The van der Waals surface area contributed by atoms with E-state index in [2.05, 4.69) is 43.0 Å². The van der Waals surface area contributed by atoms with Crippen LogP contribution in [0.15, 0.2) is 24.3 Å². The first-order valence-electron chi connectivity index (χ1n) is 7.31. The predicted octanol–water partition coefficient (Wildman–Crippen LogP) is 2.83. The molecule has 0 aliphatic heterocycles. The number of rotatable bonds is 9. The quantitative estimate of drug-likeness (QED) is 0.745. The number of benzene rings is 1. The summed E-state index contributed by atoms with van der Waals surface area (Å²) in [6.07, 6.45) is 3.26. The summed E-state index contributed by atoms with van der Waals surface area (Å²) in [4.78, 5) is 2.45. The van der Waals surface area contributed by atoms with E-state index in [1.807, 2.05) is 0 Å². The predicted molar refractivity (Wildman–Crippen MR) is 82.8 cm³/mol. The largest absolute Gasteiger partial charge is 0.383 e. The molecule has 3 nitrogen and oxygen atoms in total. The summed E-state index contributed by atoms with van der Waals surface area (Å²) in [5, 5.41) is 0. The molecule has 0 radical (unpaired) electrons. The van der Waals surface area contributed by atoms with Crippen molar-refractivity contribution in [1.82, 2.24) is 0 Å². The maximum Gasteiger partial charge on any atom is 0.0637 e. The SMILES string of the molecule is CCC(CC)N(CCOC)c1ccc(CCN)cc1. The number of anilines is 1. The van der Waals surface area contributed by atoms with Gasteiger partial charge in [-0.05, 0) is 43.5 Å². The van der Waals surface area contributed by atoms with Crippen molar-refractivity contribution in [3.05, 3.63) is 29.8 Å². The Bertz CT molecular complexity index is 333. The van der Waals surface area contributed by atoms with Gasteiger partial charge in [0.1, 0.15) is 0 Å². The molecule has 1 aromatic rings. The molecule has 0 bridgehead atoms. The number of hydrogen-bond donors (Lipinski definition) is 1. The summed E-state index contributed by atoms with van der Waals surface area (Å²) in [6, 6.07) is 9.36. The molecule has 3 heteroatoms. The zero-order valence-electron chi connectivity index (χ0n) is 12.6. The Hall–Kier alpha value is -1.06. The molecule has 2 N–H and O–H groups in total. The molecule has 0 aliphatic rings. The molecule has 1 aromatic carbocycles. The fraction of sp³-hybridized carbons (Fsp3) is 0.625. The first-order valence-corrected chi connectivity index (χ1v) is 7.31. The lowest BCUT2D eigenvalue weighted by Crippen LogP contribution is -2.37. The molecule has 0 saturated carbocycles. The van der Waals surface area contributed by atoms with Gasteiger partial charge >= 0.3 is 0 Å². The Balaban J connectivity index is 2.83. The lowest BCUT2D eigenvalue weighted by Gasteiger charge is -2.32. The average Bonchev–Trinajstić information content (AvgIpc) is 2.45. The zero-order valence-corrected chi connectivity index (χ0v) is 12.6. The van der Waals surface area contributed by atoms with Crippen molar-refractivity contribution in [2.24, 2.45) is 5.73 Å². The lowest BCUT2D eigenvalue weighted by molar-refractivity contribution is 0.202. The molecule has 1 rings (SSSR count). The molecule has 0 atom stereocenters. The highest BCUT2D eigenvalue weighted by molar-refractivity contribution is 5.48. The topological polar surface area (TPSA) is 38.5 Å². The first kappa shape index (κ1) is 16.0. The van der Waals surface area contributed by atoms with Gasteiger partial charge < -0.3 is 15.4 Å². The van der Waals surface area contributed by atoms with Crippen LogP contribution in [0, 0.1) is 0 Å². The minimum Gasteiger partial charge on any atom is -0.383 e. The van der Waals surface area contributed by atoms with Crippen LogP contribution in [0.1, 0.15) is 32.3 Å². The molecule has 0 amide bonds. The summed E-state index contributed by atoms with van der Waals surface area (Å²) in [6.45, 7) is 6.91. The van der Waals surface area contributed by atoms with E-state index in [1.54, 1.807) is 7.11 Å². The molecule has 0 heterocycles. The number of hydrogen-bond acceptors (Lipinski definition) is 3.